The lowest BCUT2D eigenvalue weighted by Gasteiger charge is -2.31. The van der Waals surface area contributed by atoms with Crippen LogP contribution in [0.1, 0.15) is 60.6 Å². The zero-order valence-electron chi connectivity index (χ0n) is 15.6. The smallest absolute Gasteiger partial charge is 0.272 e. The number of para-hydroxylation sites is 2. The number of aromatic nitrogens is 3. The van der Waals surface area contributed by atoms with Crippen LogP contribution >= 0.6 is 0 Å². The number of nitrogens with two attached hydrogens (primary N) is 1. The third kappa shape index (κ3) is 3.49. The maximum Gasteiger partial charge on any atom is 0.272 e. The molecule has 2 N–H and O–H groups in total. The van der Waals surface area contributed by atoms with Crippen molar-refractivity contribution >= 4 is 23.0 Å². The van der Waals surface area contributed by atoms with Crippen molar-refractivity contribution < 1.29 is 9.21 Å². The quantitative estimate of drug-likeness (QED) is 0.764. The van der Waals surface area contributed by atoms with Crippen LogP contribution in [0.5, 0.6) is 0 Å². The Morgan fingerprint density at radius 1 is 1.26 bits per heavy atom. The zero-order valence-corrected chi connectivity index (χ0v) is 15.6. The van der Waals surface area contributed by atoms with E-state index in [9.17, 15) is 4.79 Å². The van der Waals surface area contributed by atoms with Gasteiger partial charge in [0.2, 0.25) is 5.95 Å². The lowest BCUT2D eigenvalue weighted by atomic mass is 9.97. The largest absolute Gasteiger partial charge is 0.440 e. The molecule has 1 amide bonds. The fourth-order valence-corrected chi connectivity index (χ4v) is 3.48. The van der Waals surface area contributed by atoms with Crippen LogP contribution in [0.15, 0.2) is 34.7 Å². The molecule has 0 aliphatic carbocycles. The Morgan fingerprint density at radius 3 is 2.85 bits per heavy atom. The summed E-state index contributed by atoms with van der Waals surface area (Å²) in [6, 6.07) is 9.46. The molecule has 2 aromatic heterocycles. The Morgan fingerprint density at radius 2 is 2.07 bits per heavy atom. The molecule has 1 unspecified atom stereocenters. The summed E-state index contributed by atoms with van der Waals surface area (Å²) in [6.45, 7) is 5.28. The molecule has 1 aromatic carbocycles. The van der Waals surface area contributed by atoms with E-state index in [1.54, 1.807) is 6.07 Å². The number of piperidine rings is 1. The predicted octanol–water partition coefficient (Wildman–Crippen LogP) is 3.34. The highest BCUT2D eigenvalue weighted by molar-refractivity contribution is 5.92. The number of benzene rings is 1. The summed E-state index contributed by atoms with van der Waals surface area (Å²) in [6.07, 6.45) is 1.84. The predicted molar refractivity (Wildman–Crippen MR) is 102 cm³/mol. The first kappa shape index (κ1) is 17.5. The lowest BCUT2D eigenvalue weighted by molar-refractivity contribution is 0.0692. The molecule has 3 aromatic rings. The number of amides is 1. The molecule has 1 atom stereocenters. The summed E-state index contributed by atoms with van der Waals surface area (Å²) in [4.78, 5) is 27.8. The van der Waals surface area contributed by atoms with E-state index in [0.29, 0.717) is 24.7 Å². The van der Waals surface area contributed by atoms with Gasteiger partial charge in [-0.25, -0.2) is 15.0 Å². The van der Waals surface area contributed by atoms with Crippen LogP contribution in [0.2, 0.25) is 0 Å². The molecular formula is C20H23N5O2. The van der Waals surface area contributed by atoms with Gasteiger partial charge in [0.25, 0.3) is 5.91 Å². The Labute approximate surface area is 157 Å². The summed E-state index contributed by atoms with van der Waals surface area (Å²) < 4.78 is 5.92. The SMILES string of the molecule is CC(C)c1cc(C(=O)N2CCCC(c3nc4ccccc4o3)C2)nc(N)n1. The van der Waals surface area contributed by atoms with Crippen molar-refractivity contribution in [2.24, 2.45) is 0 Å². The first-order valence-corrected chi connectivity index (χ1v) is 9.30. The Balaban J connectivity index is 1.56. The number of oxazole rings is 1. The molecule has 0 bridgehead atoms. The second-order valence-corrected chi connectivity index (χ2v) is 7.30. The highest BCUT2D eigenvalue weighted by atomic mass is 16.3. The molecule has 1 aliphatic rings. The number of nitrogen functional groups attached to an aromatic ring is 1. The highest BCUT2D eigenvalue weighted by Crippen LogP contribution is 2.29. The van der Waals surface area contributed by atoms with E-state index in [2.05, 4.69) is 15.0 Å². The van der Waals surface area contributed by atoms with Gasteiger partial charge in [0.05, 0.1) is 5.92 Å². The Bertz CT molecular complexity index is 948. The molecule has 1 saturated heterocycles. The molecule has 0 radical (unpaired) electrons. The van der Waals surface area contributed by atoms with Crippen molar-refractivity contribution in [2.75, 3.05) is 18.8 Å². The molecule has 7 heteroatoms. The van der Waals surface area contributed by atoms with Gasteiger partial charge < -0.3 is 15.1 Å². The average Bonchev–Trinajstić information content (AvgIpc) is 3.11. The first-order valence-electron chi connectivity index (χ1n) is 9.30. The fourth-order valence-electron chi connectivity index (χ4n) is 3.48. The van der Waals surface area contributed by atoms with Gasteiger partial charge >= 0.3 is 0 Å². The van der Waals surface area contributed by atoms with E-state index in [1.807, 2.05) is 43.0 Å². The lowest BCUT2D eigenvalue weighted by Crippen LogP contribution is -2.39. The monoisotopic (exact) mass is 365 g/mol. The third-order valence-electron chi connectivity index (χ3n) is 4.94. The molecule has 1 aliphatic heterocycles. The van der Waals surface area contributed by atoms with Crippen molar-refractivity contribution in [1.29, 1.82) is 0 Å². The molecule has 0 saturated carbocycles. The fraction of sp³-hybridized carbons (Fsp3) is 0.400. The number of rotatable bonds is 3. The maximum absolute atomic E-state index is 13.0. The number of anilines is 1. The summed E-state index contributed by atoms with van der Waals surface area (Å²) in [7, 11) is 0. The minimum Gasteiger partial charge on any atom is -0.440 e. The van der Waals surface area contributed by atoms with Crippen LogP contribution in [0.3, 0.4) is 0 Å². The number of carbonyl (C=O) groups is 1. The van der Waals surface area contributed by atoms with E-state index in [1.165, 1.54) is 0 Å². The molecule has 27 heavy (non-hydrogen) atoms. The molecule has 1 fully saturated rings. The van der Waals surface area contributed by atoms with Crippen LogP contribution in [0.4, 0.5) is 5.95 Å². The highest BCUT2D eigenvalue weighted by Gasteiger charge is 2.29. The third-order valence-corrected chi connectivity index (χ3v) is 4.94. The van der Waals surface area contributed by atoms with Gasteiger partial charge in [-0.2, -0.15) is 0 Å². The van der Waals surface area contributed by atoms with Gasteiger partial charge in [-0.15, -0.1) is 0 Å². The van der Waals surface area contributed by atoms with Gasteiger partial charge in [0.1, 0.15) is 11.2 Å². The van der Waals surface area contributed by atoms with Crippen molar-refractivity contribution in [2.45, 2.75) is 38.5 Å². The van der Waals surface area contributed by atoms with Crippen LogP contribution in [-0.4, -0.2) is 38.8 Å². The molecule has 3 heterocycles. The molecule has 4 rings (SSSR count). The molecular weight excluding hydrogens is 342 g/mol. The number of hydrogen-bond acceptors (Lipinski definition) is 6. The summed E-state index contributed by atoms with van der Waals surface area (Å²) in [5, 5.41) is 0. The number of nitrogens with zero attached hydrogens (tertiary/aromatic N) is 4. The minimum atomic E-state index is -0.119. The zero-order chi connectivity index (χ0) is 19.0. The Kier molecular flexibility index (Phi) is 4.51. The van der Waals surface area contributed by atoms with E-state index in [-0.39, 0.29) is 23.7 Å². The summed E-state index contributed by atoms with van der Waals surface area (Å²) >= 11 is 0. The normalized spacial score (nSPS) is 17.6. The minimum absolute atomic E-state index is 0.0823. The van der Waals surface area contributed by atoms with Gasteiger partial charge in [-0.05, 0) is 37.0 Å². The summed E-state index contributed by atoms with van der Waals surface area (Å²) in [5.41, 5.74) is 8.56. The molecule has 140 valence electrons. The van der Waals surface area contributed by atoms with Crippen LogP contribution in [0, 0.1) is 0 Å². The second-order valence-electron chi connectivity index (χ2n) is 7.30. The van der Waals surface area contributed by atoms with Gasteiger partial charge in [0.15, 0.2) is 11.5 Å². The average molecular weight is 365 g/mol. The van der Waals surface area contributed by atoms with Crippen LogP contribution < -0.4 is 5.73 Å². The van der Waals surface area contributed by atoms with E-state index in [4.69, 9.17) is 10.2 Å². The van der Waals surface area contributed by atoms with Crippen molar-refractivity contribution in [3.05, 3.63) is 47.6 Å². The topological polar surface area (TPSA) is 98.1 Å². The number of hydrogen-bond donors (Lipinski definition) is 1. The summed E-state index contributed by atoms with van der Waals surface area (Å²) in [5.74, 6) is 0.970. The first-order chi connectivity index (χ1) is 13.0. The van der Waals surface area contributed by atoms with Gasteiger partial charge in [-0.3, -0.25) is 4.79 Å². The van der Waals surface area contributed by atoms with Crippen molar-refractivity contribution in [1.82, 2.24) is 19.9 Å². The number of fused-ring (bicyclic) bond motifs is 1. The van der Waals surface area contributed by atoms with Crippen LogP contribution in [-0.2, 0) is 0 Å². The van der Waals surface area contributed by atoms with Crippen molar-refractivity contribution in [3.63, 3.8) is 0 Å². The second kappa shape index (κ2) is 6.98. The standard InChI is InChI=1S/C20H23N5O2/c1-12(2)15-10-16(24-20(21)23-15)19(26)25-9-5-6-13(11-25)18-22-14-7-3-4-8-17(14)27-18/h3-4,7-8,10,12-13H,5-6,9,11H2,1-2H3,(H2,21,23,24). The van der Waals surface area contributed by atoms with E-state index in [0.717, 1.165) is 29.6 Å². The molecule has 7 nitrogen and oxygen atoms in total. The molecule has 0 spiro atoms. The Hall–Kier alpha value is -2.96. The number of carbonyl (C=O) groups excluding carboxylic acids is 1. The van der Waals surface area contributed by atoms with E-state index < -0.39 is 0 Å². The van der Waals surface area contributed by atoms with Crippen LogP contribution in [0.25, 0.3) is 11.1 Å². The van der Waals surface area contributed by atoms with Crippen molar-refractivity contribution in [3.8, 4) is 0 Å². The van der Waals surface area contributed by atoms with E-state index >= 15 is 0 Å². The maximum atomic E-state index is 13.0. The number of likely N-dealkylation sites (tertiary alicyclic amines) is 1. The van der Waals surface area contributed by atoms with Gasteiger partial charge in [0, 0.05) is 18.8 Å². The van der Waals surface area contributed by atoms with Gasteiger partial charge in [-0.1, -0.05) is 26.0 Å².